The van der Waals surface area contributed by atoms with Gasteiger partial charge in [0.2, 0.25) is 0 Å². The molecule has 0 aliphatic heterocycles. The molecule has 4 nitrogen and oxygen atoms in total. The van der Waals surface area contributed by atoms with Gasteiger partial charge in [-0.3, -0.25) is 0 Å². The van der Waals surface area contributed by atoms with Crippen LogP contribution in [0.2, 0.25) is 0 Å². The molecule has 10 heteroatoms. The molecule has 0 spiro atoms. The van der Waals surface area contributed by atoms with E-state index >= 15 is 0 Å². The molecule has 3 aliphatic carbocycles. The van der Waals surface area contributed by atoms with Crippen molar-refractivity contribution in [2.75, 3.05) is 0 Å². The van der Waals surface area contributed by atoms with Gasteiger partial charge in [0, 0.05) is 12.8 Å². The van der Waals surface area contributed by atoms with Gasteiger partial charge >= 0.3 is 18.0 Å². The lowest BCUT2D eigenvalue weighted by Gasteiger charge is -2.45. The van der Waals surface area contributed by atoms with Crippen molar-refractivity contribution in [2.45, 2.75) is 127 Å². The van der Waals surface area contributed by atoms with E-state index in [-0.39, 0.29) is 36.0 Å². The molecule has 1 unspecified atom stereocenters. The Balaban J connectivity index is 1.89. The van der Waals surface area contributed by atoms with E-state index in [4.69, 9.17) is 0 Å². The van der Waals surface area contributed by atoms with Crippen LogP contribution in [0.1, 0.15) is 91.4 Å². The van der Waals surface area contributed by atoms with Gasteiger partial charge in [0.15, 0.2) is 0 Å². The molecule has 3 fully saturated rings. The molecule has 0 heterocycles. The molecule has 0 aromatic heterocycles. The molecule has 0 amide bonds. The van der Waals surface area contributed by atoms with Crippen LogP contribution in [-0.4, -0.2) is 56.2 Å². The highest BCUT2D eigenvalue weighted by atomic mass is 19.4. The lowest BCUT2D eigenvalue weighted by molar-refractivity contribution is -0.343. The molecule has 238 valence electrons. The Morgan fingerprint density at radius 2 is 1.69 bits per heavy atom. The van der Waals surface area contributed by atoms with Crippen LogP contribution in [0, 0.1) is 35.0 Å². The Morgan fingerprint density at radius 1 is 1.05 bits per heavy atom. The van der Waals surface area contributed by atoms with Crippen molar-refractivity contribution in [2.24, 2.45) is 23.2 Å². The fourth-order valence-electron chi connectivity index (χ4n) is 7.37. The second kappa shape index (κ2) is 12.7. The minimum atomic E-state index is -5.99. The van der Waals surface area contributed by atoms with E-state index in [1.165, 1.54) is 5.57 Å². The molecule has 0 saturated heterocycles. The Kier molecular flexibility index (Phi) is 10.5. The third kappa shape index (κ3) is 7.64. The fraction of sp³-hybridized carbons (Fsp3) is 0.750. The van der Waals surface area contributed by atoms with Crippen molar-refractivity contribution in [3.8, 4) is 11.8 Å². The smallest absolute Gasteiger partial charge is 0.393 e. The van der Waals surface area contributed by atoms with Gasteiger partial charge in [-0.15, -0.1) is 0 Å². The fourth-order valence-corrected chi connectivity index (χ4v) is 7.37. The van der Waals surface area contributed by atoms with Crippen LogP contribution < -0.4 is 0 Å². The Bertz CT molecular complexity index is 1090. The van der Waals surface area contributed by atoms with E-state index in [1.807, 2.05) is 12.2 Å². The standard InChI is InChI=1S/C32H44F6O4/c1-20-23(18-24(39)19-27(20)40)12-11-22-9-6-16-29(4)25(13-14-26(22)29)21(8-5-15-28(2,3)41)10-7-17-30(42,31(33,34)35)32(36,37)38/h11-12,21,24-27,39-42H,1,5-6,8-10,13-16,18-19H2,2-4H3/b22-11+,23-12-/t21-,24+,25+,26-,27?,29+/m0/s1. The number of hydrogen-bond donors (Lipinski definition) is 4. The lowest BCUT2D eigenvalue weighted by atomic mass is 9.60. The average molecular weight is 607 g/mol. The summed E-state index contributed by atoms with van der Waals surface area (Å²) in [5.74, 6) is 3.04. The maximum absolute atomic E-state index is 13.2. The first-order valence-electron chi connectivity index (χ1n) is 14.7. The summed E-state index contributed by atoms with van der Waals surface area (Å²) < 4.78 is 79.3. The molecule has 42 heavy (non-hydrogen) atoms. The summed E-state index contributed by atoms with van der Waals surface area (Å²) in [6.07, 6.45) is -3.56. The predicted octanol–water partition coefficient (Wildman–Crippen LogP) is 6.93. The zero-order chi connectivity index (χ0) is 31.7. The maximum atomic E-state index is 13.2. The number of aliphatic hydroxyl groups excluding tert-OH is 2. The molecule has 3 aliphatic rings. The Morgan fingerprint density at radius 3 is 2.29 bits per heavy atom. The molecular formula is C32H44F6O4. The Hall–Kier alpha value is -1.80. The molecule has 0 radical (unpaired) electrons. The number of allylic oxidation sites excluding steroid dienone is 3. The monoisotopic (exact) mass is 606 g/mol. The van der Waals surface area contributed by atoms with E-state index in [0.29, 0.717) is 31.3 Å². The van der Waals surface area contributed by atoms with Gasteiger partial charge in [-0.1, -0.05) is 43.6 Å². The molecule has 0 aromatic rings. The van der Waals surface area contributed by atoms with E-state index in [1.54, 1.807) is 13.8 Å². The van der Waals surface area contributed by atoms with Crippen molar-refractivity contribution in [3.63, 3.8) is 0 Å². The van der Waals surface area contributed by atoms with Crippen molar-refractivity contribution in [1.29, 1.82) is 0 Å². The first kappa shape index (κ1) is 34.7. The molecule has 0 bridgehead atoms. The highest BCUT2D eigenvalue weighted by molar-refractivity contribution is 5.38. The van der Waals surface area contributed by atoms with Crippen LogP contribution >= 0.6 is 0 Å². The Labute approximate surface area is 244 Å². The van der Waals surface area contributed by atoms with E-state index in [9.17, 15) is 46.8 Å². The average Bonchev–Trinajstić information content (AvgIpc) is 3.19. The van der Waals surface area contributed by atoms with Gasteiger partial charge in [-0.05, 0) is 105 Å². The number of halogens is 6. The third-order valence-corrected chi connectivity index (χ3v) is 9.69. The number of rotatable bonds is 7. The minimum absolute atomic E-state index is 0.0203. The molecule has 0 aromatic carbocycles. The van der Waals surface area contributed by atoms with Gasteiger partial charge < -0.3 is 20.4 Å². The van der Waals surface area contributed by atoms with Crippen LogP contribution in [0.5, 0.6) is 0 Å². The summed E-state index contributed by atoms with van der Waals surface area (Å²) in [5, 5.41) is 40.0. The zero-order valence-electron chi connectivity index (χ0n) is 24.6. The zero-order valence-corrected chi connectivity index (χ0v) is 24.6. The molecule has 3 rings (SSSR count). The van der Waals surface area contributed by atoms with Crippen LogP contribution in [-0.2, 0) is 0 Å². The van der Waals surface area contributed by atoms with Crippen LogP contribution in [0.15, 0.2) is 35.5 Å². The molecule has 3 saturated carbocycles. The van der Waals surface area contributed by atoms with E-state index < -0.39 is 35.8 Å². The summed E-state index contributed by atoms with van der Waals surface area (Å²) in [4.78, 5) is 0. The number of hydrogen-bond acceptors (Lipinski definition) is 4. The highest BCUT2D eigenvalue weighted by Gasteiger charge is 2.70. The first-order valence-corrected chi connectivity index (χ1v) is 14.7. The lowest BCUT2D eigenvalue weighted by Crippen LogP contribution is -2.55. The van der Waals surface area contributed by atoms with Gasteiger partial charge in [0.1, 0.15) is 0 Å². The van der Waals surface area contributed by atoms with Gasteiger partial charge in [-0.2, -0.15) is 26.3 Å². The van der Waals surface area contributed by atoms with Gasteiger partial charge in [-0.25, -0.2) is 0 Å². The number of aliphatic hydroxyl groups is 4. The van der Waals surface area contributed by atoms with Crippen molar-refractivity contribution >= 4 is 0 Å². The number of fused-ring (bicyclic) bond motifs is 1. The SMILES string of the molecule is C=C1/C(=C\C=C2/CCC[C@]3(C)[C@@H]([C@H](CC#CC(O)(C(F)(F)F)C(F)(F)F)CCCC(C)(C)O)CC[C@@H]23)C[C@@H](O)CC1O. The largest absolute Gasteiger partial charge is 0.438 e. The summed E-state index contributed by atoms with van der Waals surface area (Å²) in [6.45, 7) is 9.40. The van der Waals surface area contributed by atoms with Crippen LogP contribution in [0.4, 0.5) is 26.3 Å². The van der Waals surface area contributed by atoms with Crippen molar-refractivity contribution < 1.29 is 46.8 Å². The minimum Gasteiger partial charge on any atom is -0.393 e. The summed E-state index contributed by atoms with van der Waals surface area (Å²) in [5.41, 5.74) is -3.75. The van der Waals surface area contributed by atoms with E-state index in [0.717, 1.165) is 43.6 Å². The van der Waals surface area contributed by atoms with Crippen LogP contribution in [0.3, 0.4) is 0 Å². The summed E-state index contributed by atoms with van der Waals surface area (Å²) in [7, 11) is 0. The maximum Gasteiger partial charge on any atom is 0.438 e. The first-order chi connectivity index (χ1) is 19.2. The number of alkyl halides is 6. The van der Waals surface area contributed by atoms with E-state index in [2.05, 4.69) is 19.4 Å². The normalized spacial score (nSPS) is 32.1. The summed E-state index contributed by atoms with van der Waals surface area (Å²) >= 11 is 0. The second-order valence-corrected chi connectivity index (χ2v) is 13.3. The molecule has 6 atom stereocenters. The van der Waals surface area contributed by atoms with Crippen molar-refractivity contribution in [3.05, 3.63) is 35.5 Å². The predicted molar refractivity (Wildman–Crippen MR) is 148 cm³/mol. The second-order valence-electron chi connectivity index (χ2n) is 13.3. The van der Waals surface area contributed by atoms with Crippen LogP contribution in [0.25, 0.3) is 0 Å². The van der Waals surface area contributed by atoms with Crippen molar-refractivity contribution in [1.82, 2.24) is 0 Å². The van der Waals surface area contributed by atoms with Gasteiger partial charge in [0.05, 0.1) is 17.8 Å². The molecular weight excluding hydrogens is 562 g/mol. The quantitative estimate of drug-likeness (QED) is 0.187. The van der Waals surface area contributed by atoms with Gasteiger partial charge in [0.25, 0.3) is 0 Å². The third-order valence-electron chi connectivity index (χ3n) is 9.69. The molecule has 4 N–H and O–H groups in total. The summed E-state index contributed by atoms with van der Waals surface area (Å²) in [6, 6.07) is 0. The highest BCUT2D eigenvalue weighted by Crippen LogP contribution is 2.60. The topological polar surface area (TPSA) is 80.9 Å².